The zero-order chi connectivity index (χ0) is 23.4. The number of hydrazone groups is 1. The van der Waals surface area contributed by atoms with Crippen LogP contribution in [0.5, 0.6) is 0 Å². The van der Waals surface area contributed by atoms with Crippen molar-refractivity contribution in [1.82, 2.24) is 20.0 Å². The van der Waals surface area contributed by atoms with Crippen molar-refractivity contribution in [3.63, 3.8) is 0 Å². The van der Waals surface area contributed by atoms with Gasteiger partial charge in [0.25, 0.3) is 5.91 Å². The van der Waals surface area contributed by atoms with E-state index in [9.17, 15) is 4.79 Å². The predicted octanol–water partition coefficient (Wildman–Crippen LogP) is 5.65. The summed E-state index contributed by atoms with van der Waals surface area (Å²) in [6.07, 6.45) is 3.64. The monoisotopic (exact) mass is 497 g/mol. The zero-order valence-corrected chi connectivity index (χ0v) is 20.4. The molecule has 0 spiro atoms. The molecule has 2 aromatic carbocycles. The van der Waals surface area contributed by atoms with Crippen LogP contribution in [-0.4, -0.2) is 32.4 Å². The fourth-order valence-electron chi connectivity index (χ4n) is 3.44. The van der Waals surface area contributed by atoms with Crippen LogP contribution < -0.4 is 5.43 Å². The lowest BCUT2D eigenvalue weighted by atomic mass is 10.2. The van der Waals surface area contributed by atoms with E-state index in [1.54, 1.807) is 12.3 Å². The van der Waals surface area contributed by atoms with E-state index in [4.69, 9.17) is 23.2 Å². The summed E-state index contributed by atoms with van der Waals surface area (Å²) < 4.78 is 2.10. The second-order valence-electron chi connectivity index (χ2n) is 7.48. The van der Waals surface area contributed by atoms with E-state index in [1.807, 2.05) is 62.5 Å². The highest BCUT2D eigenvalue weighted by Crippen LogP contribution is 2.25. The number of amides is 1. The maximum absolute atomic E-state index is 12.2. The van der Waals surface area contributed by atoms with Gasteiger partial charge in [0.1, 0.15) is 0 Å². The maximum Gasteiger partial charge on any atom is 0.250 e. The van der Waals surface area contributed by atoms with Gasteiger partial charge in [0.2, 0.25) is 0 Å². The highest BCUT2D eigenvalue weighted by molar-refractivity contribution is 7.99. The van der Waals surface area contributed by atoms with Crippen LogP contribution in [0.2, 0.25) is 10.0 Å². The number of carbonyl (C=O) groups is 1. The standard InChI is InChI=1S/C24H21Cl2N5OS/c1-15-9-16(2)29-24(28-15)33-14-23(32)30-27-11-18-13-31(22-6-4-3-5-20(18)22)12-17-7-8-19(25)10-21(17)26/h3-11,13H,12,14H2,1-2H3,(H,30,32)/b27-11+. The SMILES string of the molecule is Cc1cc(C)nc(SCC(=O)N/N=C/c2cn(Cc3ccc(Cl)cc3Cl)c3ccccc23)n1. The molecular weight excluding hydrogens is 477 g/mol. The Bertz CT molecular complexity index is 1330. The largest absolute Gasteiger partial charge is 0.342 e. The van der Waals surface area contributed by atoms with Crippen molar-refractivity contribution in [2.45, 2.75) is 25.5 Å². The van der Waals surface area contributed by atoms with E-state index in [2.05, 4.69) is 25.1 Å². The van der Waals surface area contributed by atoms with Gasteiger partial charge < -0.3 is 4.57 Å². The van der Waals surface area contributed by atoms with Crippen LogP contribution in [0.4, 0.5) is 0 Å². The molecule has 0 fully saturated rings. The first kappa shape index (κ1) is 23.3. The van der Waals surface area contributed by atoms with Crippen LogP contribution in [0.1, 0.15) is 22.5 Å². The number of aryl methyl sites for hydroxylation is 2. The molecule has 0 aliphatic heterocycles. The topological polar surface area (TPSA) is 72.2 Å². The van der Waals surface area contributed by atoms with Gasteiger partial charge >= 0.3 is 0 Å². The molecule has 0 aliphatic carbocycles. The summed E-state index contributed by atoms with van der Waals surface area (Å²) in [6.45, 7) is 4.39. The third-order valence-corrected chi connectivity index (χ3v) is 6.30. The van der Waals surface area contributed by atoms with Gasteiger partial charge in [-0.3, -0.25) is 4.79 Å². The van der Waals surface area contributed by atoms with Crippen molar-refractivity contribution >= 4 is 58.0 Å². The van der Waals surface area contributed by atoms with Crippen molar-refractivity contribution in [2.24, 2.45) is 5.10 Å². The molecular formula is C24H21Cl2N5OS. The number of para-hydroxylation sites is 1. The molecule has 0 radical (unpaired) electrons. The molecule has 4 rings (SSSR count). The van der Waals surface area contributed by atoms with Gasteiger partial charge in [-0.25, -0.2) is 15.4 Å². The fraction of sp³-hybridized carbons (Fsp3) is 0.167. The van der Waals surface area contributed by atoms with Crippen molar-refractivity contribution in [3.8, 4) is 0 Å². The Morgan fingerprint density at radius 1 is 1.12 bits per heavy atom. The molecule has 4 aromatic rings. The molecule has 6 nitrogen and oxygen atoms in total. The lowest BCUT2D eigenvalue weighted by Gasteiger charge is -2.08. The van der Waals surface area contributed by atoms with E-state index in [-0.39, 0.29) is 11.7 Å². The number of fused-ring (bicyclic) bond motifs is 1. The number of rotatable bonds is 7. The van der Waals surface area contributed by atoms with Gasteiger partial charge in [-0.1, -0.05) is 59.2 Å². The maximum atomic E-state index is 12.2. The first-order valence-electron chi connectivity index (χ1n) is 10.2. The second-order valence-corrected chi connectivity index (χ2v) is 9.27. The van der Waals surface area contributed by atoms with Crippen molar-refractivity contribution in [2.75, 3.05) is 5.75 Å². The third-order valence-electron chi connectivity index (χ3n) is 4.86. The minimum Gasteiger partial charge on any atom is -0.342 e. The molecule has 0 saturated carbocycles. The molecule has 168 valence electrons. The molecule has 33 heavy (non-hydrogen) atoms. The van der Waals surface area contributed by atoms with Crippen LogP contribution in [0.25, 0.3) is 10.9 Å². The Morgan fingerprint density at radius 2 is 1.88 bits per heavy atom. The van der Waals surface area contributed by atoms with Gasteiger partial charge in [-0.2, -0.15) is 5.10 Å². The molecule has 0 saturated heterocycles. The Labute approximate surface area is 206 Å². The number of aromatic nitrogens is 3. The minimum absolute atomic E-state index is 0.178. The summed E-state index contributed by atoms with van der Waals surface area (Å²) in [6, 6.07) is 15.4. The van der Waals surface area contributed by atoms with E-state index in [0.717, 1.165) is 33.4 Å². The Hall–Kier alpha value is -2.87. The van der Waals surface area contributed by atoms with Gasteiger partial charge in [-0.15, -0.1) is 0 Å². The van der Waals surface area contributed by atoms with Crippen LogP contribution in [0, 0.1) is 13.8 Å². The summed E-state index contributed by atoms with van der Waals surface area (Å²) in [5, 5.41) is 6.98. The van der Waals surface area contributed by atoms with Crippen LogP contribution >= 0.6 is 35.0 Å². The van der Waals surface area contributed by atoms with Crippen LogP contribution in [0.3, 0.4) is 0 Å². The highest BCUT2D eigenvalue weighted by Gasteiger charge is 2.10. The average molecular weight is 498 g/mol. The van der Waals surface area contributed by atoms with Crippen molar-refractivity contribution < 1.29 is 4.79 Å². The molecule has 1 amide bonds. The quantitative estimate of drug-likeness (QED) is 0.155. The second kappa shape index (κ2) is 10.4. The average Bonchev–Trinajstić information content (AvgIpc) is 3.11. The summed E-state index contributed by atoms with van der Waals surface area (Å²) in [5.74, 6) is -0.0486. The van der Waals surface area contributed by atoms with Crippen molar-refractivity contribution in [3.05, 3.63) is 87.3 Å². The minimum atomic E-state index is -0.226. The Kier molecular flexibility index (Phi) is 7.33. The molecule has 0 atom stereocenters. The number of benzene rings is 2. The number of thioether (sulfide) groups is 1. The number of carbonyl (C=O) groups excluding carboxylic acids is 1. The fourth-order valence-corrected chi connectivity index (χ4v) is 4.65. The van der Waals surface area contributed by atoms with Crippen LogP contribution in [0.15, 0.2) is 65.0 Å². The first-order valence-corrected chi connectivity index (χ1v) is 11.9. The van der Waals surface area contributed by atoms with Gasteiger partial charge in [0.15, 0.2) is 5.16 Å². The summed E-state index contributed by atoms with van der Waals surface area (Å²) >= 11 is 13.7. The molecule has 0 aliphatic rings. The number of nitrogens with one attached hydrogen (secondary N) is 1. The van der Waals surface area contributed by atoms with E-state index >= 15 is 0 Å². The Morgan fingerprint density at radius 3 is 2.64 bits per heavy atom. The summed E-state index contributed by atoms with van der Waals surface area (Å²) in [7, 11) is 0. The smallest absolute Gasteiger partial charge is 0.250 e. The Balaban J connectivity index is 1.45. The van der Waals surface area contributed by atoms with Gasteiger partial charge in [0.05, 0.1) is 12.0 Å². The molecule has 1 N–H and O–H groups in total. The molecule has 0 bridgehead atoms. The number of hydrogen-bond acceptors (Lipinski definition) is 5. The lowest BCUT2D eigenvalue weighted by molar-refractivity contribution is -0.118. The third kappa shape index (κ3) is 5.93. The van der Waals surface area contributed by atoms with Gasteiger partial charge in [-0.05, 0) is 43.7 Å². The normalized spacial score (nSPS) is 11.4. The summed E-state index contributed by atoms with van der Waals surface area (Å²) in [5.41, 5.74) is 7.22. The number of hydrogen-bond donors (Lipinski definition) is 1. The molecule has 2 heterocycles. The van der Waals surface area contributed by atoms with E-state index in [1.165, 1.54) is 11.8 Å². The first-order chi connectivity index (χ1) is 15.9. The zero-order valence-electron chi connectivity index (χ0n) is 18.0. The highest BCUT2D eigenvalue weighted by atomic mass is 35.5. The van der Waals surface area contributed by atoms with Crippen molar-refractivity contribution in [1.29, 1.82) is 0 Å². The molecule has 0 unspecified atom stereocenters. The van der Waals surface area contributed by atoms with E-state index in [0.29, 0.717) is 21.7 Å². The number of halogens is 2. The van der Waals surface area contributed by atoms with Gasteiger partial charge in [0, 0.05) is 50.6 Å². The molecule has 9 heteroatoms. The molecule has 2 aromatic heterocycles. The summed E-state index contributed by atoms with van der Waals surface area (Å²) in [4.78, 5) is 20.9. The van der Waals surface area contributed by atoms with Crippen LogP contribution in [-0.2, 0) is 11.3 Å². The number of nitrogens with zero attached hydrogens (tertiary/aromatic N) is 4. The lowest BCUT2D eigenvalue weighted by Crippen LogP contribution is -2.19. The predicted molar refractivity (Wildman–Crippen MR) is 135 cm³/mol. The van der Waals surface area contributed by atoms with E-state index < -0.39 is 0 Å².